The third kappa shape index (κ3) is 4.68. The van der Waals surface area contributed by atoms with Crippen LogP contribution in [0.3, 0.4) is 0 Å². The summed E-state index contributed by atoms with van der Waals surface area (Å²) in [5.41, 5.74) is 4.18. The molecule has 0 aliphatic heterocycles. The van der Waals surface area contributed by atoms with E-state index in [0.717, 1.165) is 54.4 Å². The first-order chi connectivity index (χ1) is 12.2. The highest BCUT2D eigenvalue weighted by Crippen LogP contribution is 2.34. The Hall–Kier alpha value is -1.70. The predicted molar refractivity (Wildman–Crippen MR) is 100 cm³/mol. The van der Waals surface area contributed by atoms with Crippen LogP contribution in [0.25, 0.3) is 0 Å². The number of fused-ring (bicyclic) bond motifs is 1. The molecule has 0 radical (unpaired) electrons. The van der Waals surface area contributed by atoms with Gasteiger partial charge in [-0.15, -0.1) is 0 Å². The van der Waals surface area contributed by atoms with Crippen molar-refractivity contribution in [2.24, 2.45) is 0 Å². The van der Waals surface area contributed by atoms with Gasteiger partial charge in [-0.3, -0.25) is 0 Å². The molecule has 134 valence electrons. The maximum absolute atomic E-state index is 14.6. The van der Waals surface area contributed by atoms with Crippen molar-refractivity contribution in [1.29, 1.82) is 0 Å². The van der Waals surface area contributed by atoms with E-state index in [0.29, 0.717) is 0 Å². The lowest BCUT2D eigenvalue weighted by molar-refractivity contribution is 0.529. The highest BCUT2D eigenvalue weighted by atomic mass is 19.1. The van der Waals surface area contributed by atoms with E-state index in [1.165, 1.54) is 31.7 Å². The van der Waals surface area contributed by atoms with Gasteiger partial charge in [-0.05, 0) is 78.5 Å². The van der Waals surface area contributed by atoms with Crippen LogP contribution in [0.4, 0.5) is 8.78 Å². The minimum absolute atomic E-state index is 0.0679. The van der Waals surface area contributed by atoms with Gasteiger partial charge in [0, 0.05) is 0 Å². The first kappa shape index (κ1) is 18.1. The van der Waals surface area contributed by atoms with Crippen molar-refractivity contribution in [1.82, 2.24) is 0 Å². The minimum atomic E-state index is -0.174. The summed E-state index contributed by atoms with van der Waals surface area (Å²) in [5, 5.41) is 0. The molecule has 3 rings (SSSR count). The molecule has 0 N–H and O–H groups in total. The maximum Gasteiger partial charge on any atom is 0.126 e. The monoisotopic (exact) mass is 342 g/mol. The van der Waals surface area contributed by atoms with Crippen LogP contribution >= 0.6 is 0 Å². The number of hydrogen-bond acceptors (Lipinski definition) is 0. The van der Waals surface area contributed by atoms with E-state index >= 15 is 0 Å². The van der Waals surface area contributed by atoms with Gasteiger partial charge < -0.3 is 0 Å². The summed E-state index contributed by atoms with van der Waals surface area (Å²) in [4.78, 5) is 0. The Morgan fingerprint density at radius 3 is 2.56 bits per heavy atom. The highest BCUT2D eigenvalue weighted by molar-refractivity contribution is 5.36. The number of benzene rings is 2. The lowest BCUT2D eigenvalue weighted by atomic mass is 9.80. The van der Waals surface area contributed by atoms with Crippen LogP contribution in [0.5, 0.6) is 0 Å². The summed E-state index contributed by atoms with van der Waals surface area (Å²) in [6.07, 6.45) is 9.69. The molecule has 0 aromatic heterocycles. The van der Waals surface area contributed by atoms with Crippen molar-refractivity contribution in [3.05, 3.63) is 70.3 Å². The fourth-order valence-corrected chi connectivity index (χ4v) is 3.98. The van der Waals surface area contributed by atoms with Crippen LogP contribution in [0.2, 0.25) is 0 Å². The van der Waals surface area contributed by atoms with Crippen LogP contribution in [0, 0.1) is 11.6 Å². The van der Waals surface area contributed by atoms with Crippen LogP contribution < -0.4 is 0 Å². The van der Waals surface area contributed by atoms with Crippen molar-refractivity contribution < 1.29 is 8.78 Å². The van der Waals surface area contributed by atoms with E-state index in [1.807, 2.05) is 12.1 Å². The fraction of sp³-hybridized carbons (Fsp3) is 0.478. The Morgan fingerprint density at radius 1 is 0.920 bits per heavy atom. The maximum atomic E-state index is 14.6. The molecule has 0 saturated heterocycles. The van der Waals surface area contributed by atoms with Crippen LogP contribution in [0.1, 0.15) is 73.6 Å². The second-order valence-corrected chi connectivity index (χ2v) is 7.37. The molecular formula is C23H28F2. The third-order valence-electron chi connectivity index (χ3n) is 5.47. The zero-order valence-electron chi connectivity index (χ0n) is 15.2. The molecule has 0 heterocycles. The number of rotatable bonds is 7. The Bertz CT molecular complexity index is 705. The van der Waals surface area contributed by atoms with Crippen molar-refractivity contribution in [3.63, 3.8) is 0 Å². The standard InChI is InChI=1S/C23H28F2/c1-2-3-4-5-6-7-17-8-13-22(23(25)14-17)20-10-9-19-16-21(24)12-11-18(19)15-20/h8,11-14,16,20H,2-7,9-10,15H2,1H3. The quantitative estimate of drug-likeness (QED) is 0.488. The van der Waals surface area contributed by atoms with Crippen LogP contribution in [-0.4, -0.2) is 0 Å². The SMILES string of the molecule is CCCCCCCc1ccc(C2CCc3cc(F)ccc3C2)c(F)c1. The smallest absolute Gasteiger partial charge is 0.126 e. The van der Waals surface area contributed by atoms with E-state index in [1.54, 1.807) is 12.1 Å². The molecule has 0 spiro atoms. The van der Waals surface area contributed by atoms with Crippen molar-refractivity contribution in [2.75, 3.05) is 0 Å². The van der Waals surface area contributed by atoms with Crippen LogP contribution in [0.15, 0.2) is 36.4 Å². The third-order valence-corrected chi connectivity index (χ3v) is 5.47. The Labute approximate surface area is 150 Å². The number of halogens is 2. The molecule has 2 aromatic carbocycles. The Morgan fingerprint density at radius 2 is 1.76 bits per heavy atom. The van der Waals surface area contributed by atoms with Gasteiger partial charge in [-0.1, -0.05) is 50.8 Å². The average molecular weight is 342 g/mol. The zero-order chi connectivity index (χ0) is 17.6. The van der Waals surface area contributed by atoms with Gasteiger partial charge in [0.1, 0.15) is 11.6 Å². The van der Waals surface area contributed by atoms with Crippen LogP contribution in [-0.2, 0) is 19.3 Å². The lowest BCUT2D eigenvalue weighted by Crippen LogP contribution is -2.14. The first-order valence-electron chi connectivity index (χ1n) is 9.73. The van der Waals surface area contributed by atoms with Crippen molar-refractivity contribution in [2.45, 2.75) is 70.6 Å². The number of aryl methyl sites for hydroxylation is 2. The molecule has 1 aliphatic carbocycles. The summed E-state index contributed by atoms with van der Waals surface area (Å²) < 4.78 is 28.0. The van der Waals surface area contributed by atoms with E-state index in [2.05, 4.69) is 13.0 Å². The Kier molecular flexibility index (Phi) is 6.23. The van der Waals surface area contributed by atoms with Gasteiger partial charge in [0.15, 0.2) is 0 Å². The normalized spacial score (nSPS) is 16.7. The predicted octanol–water partition coefficient (Wildman–Crippen LogP) is 6.75. The average Bonchev–Trinajstić information content (AvgIpc) is 2.61. The molecule has 1 atom stereocenters. The number of hydrogen-bond donors (Lipinski definition) is 0. The lowest BCUT2D eigenvalue weighted by Gasteiger charge is -2.25. The molecule has 0 amide bonds. The van der Waals surface area contributed by atoms with Gasteiger partial charge in [-0.2, -0.15) is 0 Å². The molecule has 2 heteroatoms. The number of unbranched alkanes of at least 4 members (excludes halogenated alkanes) is 4. The summed E-state index contributed by atoms with van der Waals surface area (Å²) >= 11 is 0. The van der Waals surface area contributed by atoms with Crippen molar-refractivity contribution >= 4 is 0 Å². The molecule has 0 saturated carbocycles. The van der Waals surface area contributed by atoms with E-state index in [4.69, 9.17) is 0 Å². The minimum Gasteiger partial charge on any atom is -0.207 e. The molecule has 0 bridgehead atoms. The molecule has 25 heavy (non-hydrogen) atoms. The van der Waals surface area contributed by atoms with E-state index in [-0.39, 0.29) is 17.6 Å². The van der Waals surface area contributed by atoms with Crippen molar-refractivity contribution in [3.8, 4) is 0 Å². The second-order valence-electron chi connectivity index (χ2n) is 7.37. The molecule has 0 nitrogen and oxygen atoms in total. The first-order valence-corrected chi connectivity index (χ1v) is 9.73. The molecule has 1 aliphatic rings. The zero-order valence-corrected chi connectivity index (χ0v) is 15.2. The summed E-state index contributed by atoms with van der Waals surface area (Å²) in [6.45, 7) is 2.22. The van der Waals surface area contributed by atoms with E-state index in [9.17, 15) is 8.78 Å². The largest absolute Gasteiger partial charge is 0.207 e. The molecule has 0 fully saturated rings. The topological polar surface area (TPSA) is 0 Å². The van der Waals surface area contributed by atoms with Gasteiger partial charge in [0.05, 0.1) is 0 Å². The van der Waals surface area contributed by atoms with Gasteiger partial charge in [0.2, 0.25) is 0 Å². The second kappa shape index (κ2) is 8.60. The molecule has 1 unspecified atom stereocenters. The molecular weight excluding hydrogens is 314 g/mol. The van der Waals surface area contributed by atoms with Gasteiger partial charge in [-0.25, -0.2) is 8.78 Å². The highest BCUT2D eigenvalue weighted by Gasteiger charge is 2.22. The van der Waals surface area contributed by atoms with Gasteiger partial charge >= 0.3 is 0 Å². The molecule has 2 aromatic rings. The summed E-state index contributed by atoms with van der Waals surface area (Å²) in [6, 6.07) is 10.8. The fourth-order valence-electron chi connectivity index (χ4n) is 3.98. The summed E-state index contributed by atoms with van der Waals surface area (Å²) in [5.74, 6) is -0.0372. The Balaban J connectivity index is 1.62. The van der Waals surface area contributed by atoms with E-state index < -0.39 is 0 Å². The van der Waals surface area contributed by atoms with Gasteiger partial charge in [0.25, 0.3) is 0 Å². The summed E-state index contributed by atoms with van der Waals surface area (Å²) in [7, 11) is 0.